The Morgan fingerprint density at radius 1 is 1.14 bits per heavy atom. The van der Waals surface area contributed by atoms with Gasteiger partial charge in [-0.05, 0) is 30.0 Å². The van der Waals surface area contributed by atoms with Crippen molar-refractivity contribution in [3.63, 3.8) is 0 Å². The summed E-state index contributed by atoms with van der Waals surface area (Å²) in [5.74, 6) is 1.06. The van der Waals surface area contributed by atoms with Gasteiger partial charge in [-0.25, -0.2) is 0 Å². The Balaban J connectivity index is 2.31. The van der Waals surface area contributed by atoms with Crippen molar-refractivity contribution >= 4 is 34.3 Å². The second-order valence-electron chi connectivity index (χ2n) is 5.20. The van der Waals surface area contributed by atoms with E-state index in [-0.39, 0.29) is 0 Å². The molecule has 0 amide bonds. The predicted molar refractivity (Wildman–Crippen MR) is 98.7 cm³/mol. The van der Waals surface area contributed by atoms with Gasteiger partial charge in [0.1, 0.15) is 0 Å². The van der Waals surface area contributed by atoms with Gasteiger partial charge in [0, 0.05) is 46.0 Å². The van der Waals surface area contributed by atoms with Gasteiger partial charge in [0.25, 0.3) is 0 Å². The van der Waals surface area contributed by atoms with Crippen molar-refractivity contribution in [3.8, 4) is 11.1 Å². The lowest BCUT2D eigenvalue weighted by molar-refractivity contribution is 0.748. The number of aromatic nitrogens is 1. The van der Waals surface area contributed by atoms with Gasteiger partial charge >= 0.3 is 0 Å². The topological polar surface area (TPSA) is 30.9 Å². The van der Waals surface area contributed by atoms with E-state index in [9.17, 15) is 0 Å². The molecule has 0 unspecified atom stereocenters. The molecule has 0 saturated heterocycles. The van der Waals surface area contributed by atoms with E-state index in [1.807, 2.05) is 30.0 Å². The first-order chi connectivity index (χ1) is 10.8. The number of aryl methyl sites for hydroxylation is 1. The first-order valence-electron chi connectivity index (χ1n) is 7.31. The highest BCUT2D eigenvalue weighted by Crippen LogP contribution is 2.36. The standard InChI is InChI=1S/C18H19ClN2S/c1-22-10-9-21-16-8-7-14(19)11-15(16)18(17(21)12-20)13-5-3-2-4-6-13/h2-8,11H,9-10,12,20H2,1H3. The molecule has 1 heterocycles. The maximum absolute atomic E-state index is 6.24. The number of nitrogens with two attached hydrogens (primary N) is 1. The number of thioether (sulfide) groups is 1. The molecule has 4 heteroatoms. The molecule has 0 spiro atoms. The van der Waals surface area contributed by atoms with Crippen molar-refractivity contribution in [3.05, 3.63) is 59.2 Å². The summed E-state index contributed by atoms with van der Waals surface area (Å²) in [5.41, 5.74) is 10.9. The zero-order chi connectivity index (χ0) is 15.5. The quantitative estimate of drug-likeness (QED) is 0.729. The lowest BCUT2D eigenvalue weighted by atomic mass is 10.0. The minimum Gasteiger partial charge on any atom is -0.342 e. The molecule has 3 aromatic rings. The Bertz CT molecular complexity index is 781. The molecular weight excluding hydrogens is 312 g/mol. The molecule has 3 rings (SSSR count). The van der Waals surface area contributed by atoms with Crippen LogP contribution in [0.5, 0.6) is 0 Å². The third-order valence-corrected chi connectivity index (χ3v) is 4.73. The zero-order valence-corrected chi connectivity index (χ0v) is 14.1. The molecule has 2 nitrogen and oxygen atoms in total. The third kappa shape index (κ3) is 2.76. The molecule has 22 heavy (non-hydrogen) atoms. The molecule has 0 bridgehead atoms. The molecule has 2 N–H and O–H groups in total. The Kier molecular flexibility index (Phi) is 4.77. The van der Waals surface area contributed by atoms with Gasteiger partial charge in [-0.1, -0.05) is 41.9 Å². The summed E-state index contributed by atoms with van der Waals surface area (Å²) >= 11 is 8.09. The summed E-state index contributed by atoms with van der Waals surface area (Å²) in [7, 11) is 0. The highest BCUT2D eigenvalue weighted by atomic mass is 35.5. The predicted octanol–water partition coefficient (Wildman–Crippen LogP) is 4.78. The van der Waals surface area contributed by atoms with Crippen LogP contribution >= 0.6 is 23.4 Å². The zero-order valence-electron chi connectivity index (χ0n) is 12.6. The fourth-order valence-corrected chi connectivity index (χ4v) is 3.49. The van der Waals surface area contributed by atoms with Crippen LogP contribution in [0.15, 0.2) is 48.5 Å². The minimum atomic E-state index is 0.519. The number of halogens is 1. The van der Waals surface area contributed by atoms with Gasteiger partial charge in [0.2, 0.25) is 0 Å². The average molecular weight is 331 g/mol. The Labute approximate surface area is 140 Å². The molecule has 0 aliphatic carbocycles. The van der Waals surface area contributed by atoms with E-state index in [0.29, 0.717) is 6.54 Å². The van der Waals surface area contributed by atoms with Gasteiger partial charge in [0.05, 0.1) is 0 Å². The molecule has 0 fully saturated rings. The van der Waals surface area contributed by atoms with Crippen LogP contribution in [0.4, 0.5) is 0 Å². The summed E-state index contributed by atoms with van der Waals surface area (Å²) in [4.78, 5) is 0. The number of fused-ring (bicyclic) bond motifs is 1. The van der Waals surface area contributed by atoms with Crippen LogP contribution < -0.4 is 5.73 Å². The smallest absolute Gasteiger partial charge is 0.0490 e. The normalized spacial score (nSPS) is 11.2. The first kappa shape index (κ1) is 15.5. The summed E-state index contributed by atoms with van der Waals surface area (Å²) in [6.45, 7) is 1.48. The van der Waals surface area contributed by atoms with Crippen LogP contribution in [-0.2, 0) is 13.1 Å². The highest BCUT2D eigenvalue weighted by Gasteiger charge is 2.17. The molecular formula is C18H19ClN2S. The monoisotopic (exact) mass is 330 g/mol. The van der Waals surface area contributed by atoms with E-state index < -0.39 is 0 Å². The Morgan fingerprint density at radius 2 is 1.91 bits per heavy atom. The summed E-state index contributed by atoms with van der Waals surface area (Å²) < 4.78 is 2.34. The summed E-state index contributed by atoms with van der Waals surface area (Å²) in [6, 6.07) is 16.5. The second-order valence-corrected chi connectivity index (χ2v) is 6.62. The van der Waals surface area contributed by atoms with E-state index >= 15 is 0 Å². The lowest BCUT2D eigenvalue weighted by Crippen LogP contribution is -2.09. The van der Waals surface area contributed by atoms with E-state index in [1.165, 1.54) is 27.7 Å². The highest BCUT2D eigenvalue weighted by molar-refractivity contribution is 7.98. The lowest BCUT2D eigenvalue weighted by Gasteiger charge is -2.10. The van der Waals surface area contributed by atoms with Crippen molar-refractivity contribution < 1.29 is 0 Å². The van der Waals surface area contributed by atoms with Crippen LogP contribution in [0.25, 0.3) is 22.0 Å². The Morgan fingerprint density at radius 3 is 2.59 bits per heavy atom. The van der Waals surface area contributed by atoms with Crippen LogP contribution in [0.1, 0.15) is 5.69 Å². The molecule has 0 saturated carbocycles. The van der Waals surface area contributed by atoms with Gasteiger partial charge in [0.15, 0.2) is 0 Å². The van der Waals surface area contributed by atoms with Crippen LogP contribution in [0.2, 0.25) is 5.02 Å². The largest absolute Gasteiger partial charge is 0.342 e. The van der Waals surface area contributed by atoms with Gasteiger partial charge in [-0.15, -0.1) is 0 Å². The van der Waals surface area contributed by atoms with E-state index in [0.717, 1.165) is 17.3 Å². The van der Waals surface area contributed by atoms with Gasteiger partial charge in [-0.2, -0.15) is 11.8 Å². The molecule has 2 aromatic carbocycles. The molecule has 1 aromatic heterocycles. The molecule has 114 valence electrons. The number of nitrogens with zero attached hydrogens (tertiary/aromatic N) is 1. The third-order valence-electron chi connectivity index (χ3n) is 3.91. The fourth-order valence-electron chi connectivity index (χ4n) is 2.96. The van der Waals surface area contributed by atoms with E-state index in [4.69, 9.17) is 17.3 Å². The van der Waals surface area contributed by atoms with E-state index in [2.05, 4.69) is 41.2 Å². The van der Waals surface area contributed by atoms with Crippen LogP contribution in [0, 0.1) is 0 Å². The SMILES string of the molecule is CSCCn1c(CN)c(-c2ccccc2)c2cc(Cl)ccc21. The van der Waals surface area contributed by atoms with Crippen molar-refractivity contribution in [1.29, 1.82) is 0 Å². The van der Waals surface area contributed by atoms with E-state index in [1.54, 1.807) is 0 Å². The number of rotatable bonds is 5. The maximum atomic E-state index is 6.24. The van der Waals surface area contributed by atoms with Crippen LogP contribution in [-0.4, -0.2) is 16.6 Å². The van der Waals surface area contributed by atoms with Crippen molar-refractivity contribution in [1.82, 2.24) is 4.57 Å². The molecule has 0 atom stereocenters. The fraction of sp³-hybridized carbons (Fsp3) is 0.222. The number of hydrogen-bond acceptors (Lipinski definition) is 2. The molecule has 0 aliphatic heterocycles. The summed E-state index contributed by atoms with van der Waals surface area (Å²) in [5, 5.41) is 1.94. The maximum Gasteiger partial charge on any atom is 0.0490 e. The van der Waals surface area contributed by atoms with Crippen molar-refractivity contribution in [2.45, 2.75) is 13.1 Å². The second kappa shape index (κ2) is 6.78. The number of hydrogen-bond donors (Lipinski definition) is 1. The first-order valence-corrected chi connectivity index (χ1v) is 9.08. The Hall–Kier alpha value is -1.42. The van der Waals surface area contributed by atoms with Crippen molar-refractivity contribution in [2.24, 2.45) is 5.73 Å². The minimum absolute atomic E-state index is 0.519. The molecule has 0 radical (unpaired) electrons. The van der Waals surface area contributed by atoms with Gasteiger partial charge in [-0.3, -0.25) is 0 Å². The molecule has 0 aliphatic rings. The summed E-state index contributed by atoms with van der Waals surface area (Å²) in [6.07, 6.45) is 2.13. The number of benzene rings is 2. The van der Waals surface area contributed by atoms with Crippen molar-refractivity contribution in [2.75, 3.05) is 12.0 Å². The van der Waals surface area contributed by atoms with Crippen LogP contribution in [0.3, 0.4) is 0 Å². The average Bonchev–Trinajstić information content (AvgIpc) is 2.86. The van der Waals surface area contributed by atoms with Gasteiger partial charge < -0.3 is 10.3 Å².